The van der Waals surface area contributed by atoms with Crippen molar-refractivity contribution in [3.63, 3.8) is 0 Å². The number of rotatable bonds is 3. The molecule has 23 heavy (non-hydrogen) atoms. The molecule has 0 amide bonds. The van der Waals surface area contributed by atoms with E-state index in [1.54, 1.807) is 0 Å². The number of hydrogen-bond donors (Lipinski definition) is 0. The maximum absolute atomic E-state index is 2.26. The molecule has 0 aliphatic heterocycles. The second-order valence-corrected chi connectivity index (χ2v) is 9.00. The molecule has 0 saturated heterocycles. The van der Waals surface area contributed by atoms with Crippen LogP contribution < -0.4 is 13.1 Å². The molecule has 3 heteroatoms. The normalized spacial score (nSPS) is 8.74. The van der Waals surface area contributed by atoms with Crippen molar-refractivity contribution in [3.8, 4) is 0 Å². The Kier molecular flexibility index (Phi) is 13.9. The first-order valence-electron chi connectivity index (χ1n) is 6.40. The predicted octanol–water partition coefficient (Wildman–Crippen LogP) is 2.72. The van der Waals surface area contributed by atoms with Crippen LogP contribution in [-0.2, 0) is 22.4 Å². The average Bonchev–Trinajstić information content (AvgIpc) is 2.51. The number of hydrogen-bond acceptors (Lipinski definition) is 0. The Hall–Kier alpha value is -0.444. The molecule has 120 valence electrons. The van der Waals surface area contributed by atoms with Gasteiger partial charge in [-0.25, -0.2) is 0 Å². The summed E-state index contributed by atoms with van der Waals surface area (Å²) in [5, 5.41) is 0. The van der Waals surface area contributed by atoms with Gasteiger partial charge in [0.15, 0.2) is 0 Å². The topological polar surface area (TPSA) is 0 Å². The van der Waals surface area contributed by atoms with Gasteiger partial charge in [-0.1, -0.05) is 0 Å². The third kappa shape index (κ3) is 6.52. The van der Waals surface area contributed by atoms with Gasteiger partial charge >= 0.3 is 119 Å². The summed E-state index contributed by atoms with van der Waals surface area (Å²) in [7, 11) is 0. The fraction of sp³-hybridized carbons (Fsp3) is 0. The first kappa shape index (κ1) is 24.8. The van der Waals surface area contributed by atoms with Gasteiger partial charge in [0.05, 0.1) is 0 Å². The molecule has 3 rings (SSSR count). The monoisotopic (exact) mass is 540 g/mol. The Balaban J connectivity index is 0. The average molecular weight is 540 g/mol. The van der Waals surface area contributed by atoms with Crippen molar-refractivity contribution < 1.29 is 22.4 Å². The summed E-state index contributed by atoms with van der Waals surface area (Å²) in [6.07, 6.45) is 0. The van der Waals surface area contributed by atoms with Crippen molar-refractivity contribution in [2.45, 2.75) is 0 Å². The maximum atomic E-state index is 2.26. The molecule has 0 spiro atoms. The van der Waals surface area contributed by atoms with Gasteiger partial charge in [-0.15, -0.1) is 0 Å². The molecule has 0 fully saturated rings. The van der Waals surface area contributed by atoms with Crippen LogP contribution in [0.1, 0.15) is 0 Å². The van der Waals surface area contributed by atoms with E-state index >= 15 is 0 Å². The Morgan fingerprint density at radius 2 is 0.652 bits per heavy atom. The van der Waals surface area contributed by atoms with Gasteiger partial charge in [0.2, 0.25) is 0 Å². The van der Waals surface area contributed by atoms with E-state index in [0.717, 1.165) is 0 Å². The summed E-state index contributed by atoms with van der Waals surface area (Å²) < 4.78 is 4.44. The molecule has 0 unspecified atom stereocenters. The van der Waals surface area contributed by atoms with E-state index in [2.05, 4.69) is 91.0 Å². The van der Waals surface area contributed by atoms with Crippen molar-refractivity contribution in [2.75, 3.05) is 0 Å². The SMILES string of the molecule is [Au].[CH3-].[CH3-].[Li].c1ccc([As](c2ccccc2)c2ccccc2)cc1. The molecular formula is C20H21AsAuLi-2. The minimum absolute atomic E-state index is 0. The molecule has 0 atom stereocenters. The predicted molar refractivity (Wildman–Crippen MR) is 103 cm³/mol. The number of benzene rings is 3. The fourth-order valence-corrected chi connectivity index (χ4v) is 7.02. The van der Waals surface area contributed by atoms with Crippen LogP contribution in [0.5, 0.6) is 0 Å². The summed E-state index contributed by atoms with van der Waals surface area (Å²) in [5.41, 5.74) is 0. The second kappa shape index (κ2) is 12.9. The van der Waals surface area contributed by atoms with Crippen LogP contribution in [0.3, 0.4) is 0 Å². The molecule has 0 N–H and O–H groups in total. The van der Waals surface area contributed by atoms with Crippen molar-refractivity contribution in [3.05, 3.63) is 106 Å². The van der Waals surface area contributed by atoms with Crippen LogP contribution in [0.2, 0.25) is 0 Å². The van der Waals surface area contributed by atoms with Crippen LogP contribution in [0, 0.1) is 14.9 Å². The van der Waals surface area contributed by atoms with Crippen LogP contribution in [0.4, 0.5) is 0 Å². The van der Waals surface area contributed by atoms with Gasteiger partial charge in [0.1, 0.15) is 0 Å². The van der Waals surface area contributed by atoms with E-state index in [1.165, 1.54) is 13.1 Å². The van der Waals surface area contributed by atoms with E-state index in [9.17, 15) is 0 Å². The van der Waals surface area contributed by atoms with Crippen molar-refractivity contribution in [1.82, 2.24) is 0 Å². The molecule has 0 aliphatic carbocycles. The van der Waals surface area contributed by atoms with Crippen LogP contribution in [-0.4, -0.2) is 33.5 Å². The third-order valence-electron chi connectivity index (χ3n) is 3.04. The molecule has 0 bridgehead atoms. The molecule has 3 aromatic carbocycles. The summed E-state index contributed by atoms with van der Waals surface area (Å²) in [5.74, 6) is 0. The van der Waals surface area contributed by atoms with Gasteiger partial charge in [0, 0.05) is 41.2 Å². The molecule has 3 aromatic rings. The molecule has 0 aliphatic rings. The van der Waals surface area contributed by atoms with Crippen LogP contribution in [0.15, 0.2) is 91.0 Å². The third-order valence-corrected chi connectivity index (χ3v) is 8.17. The van der Waals surface area contributed by atoms with Crippen LogP contribution in [0.25, 0.3) is 0 Å². The Morgan fingerprint density at radius 1 is 0.435 bits per heavy atom. The fourth-order valence-electron chi connectivity index (χ4n) is 2.18. The second-order valence-electron chi connectivity index (χ2n) is 4.34. The zero-order chi connectivity index (χ0) is 12.9. The zero-order valence-corrected chi connectivity index (χ0v) is 18.0. The Morgan fingerprint density at radius 3 is 0.870 bits per heavy atom. The van der Waals surface area contributed by atoms with Gasteiger partial charge in [-0.2, -0.15) is 0 Å². The Bertz CT molecular complexity index is 536. The molecule has 0 saturated carbocycles. The molecule has 0 heterocycles. The minimum atomic E-state index is -1.39. The van der Waals surface area contributed by atoms with Gasteiger partial charge < -0.3 is 14.9 Å². The molecule has 0 aromatic heterocycles. The van der Waals surface area contributed by atoms with E-state index in [4.69, 9.17) is 0 Å². The van der Waals surface area contributed by atoms with Gasteiger partial charge in [-0.05, 0) is 0 Å². The van der Waals surface area contributed by atoms with Crippen molar-refractivity contribution in [2.24, 2.45) is 0 Å². The van der Waals surface area contributed by atoms with Crippen molar-refractivity contribution in [1.29, 1.82) is 0 Å². The van der Waals surface area contributed by atoms with Crippen LogP contribution >= 0.6 is 0 Å². The van der Waals surface area contributed by atoms with Gasteiger partial charge in [0.25, 0.3) is 0 Å². The summed E-state index contributed by atoms with van der Waals surface area (Å²) in [4.78, 5) is 0. The van der Waals surface area contributed by atoms with Crippen molar-refractivity contribution >= 4 is 46.6 Å². The standard InChI is InChI=1S/C18H15As.2CH3.Au.Li/c1-4-10-16(11-5-1)19(17-12-6-2-7-13-17)18-14-8-3-9-15-18;;;;/h1-15H;2*1H3;;/q;2*-1;;. The first-order valence-corrected chi connectivity index (χ1v) is 9.22. The zero-order valence-electron chi connectivity index (χ0n) is 13.9. The molecular weight excluding hydrogens is 519 g/mol. The summed E-state index contributed by atoms with van der Waals surface area (Å²) >= 11 is -1.39. The summed E-state index contributed by atoms with van der Waals surface area (Å²) in [6.45, 7) is 0. The van der Waals surface area contributed by atoms with E-state index in [1.807, 2.05) is 0 Å². The van der Waals surface area contributed by atoms with E-state index in [0.29, 0.717) is 0 Å². The molecule has 0 nitrogen and oxygen atoms in total. The molecule has 2 radical (unpaired) electrons. The van der Waals surface area contributed by atoms with E-state index in [-0.39, 0.29) is 56.1 Å². The Labute approximate surface area is 173 Å². The van der Waals surface area contributed by atoms with Gasteiger partial charge in [-0.3, -0.25) is 0 Å². The first-order chi connectivity index (χ1) is 9.45. The van der Waals surface area contributed by atoms with E-state index < -0.39 is 14.7 Å². The quantitative estimate of drug-likeness (QED) is 0.355. The summed E-state index contributed by atoms with van der Waals surface area (Å²) in [6, 6.07) is 32.7.